The number of rotatable bonds is 6. The van der Waals surface area contributed by atoms with Gasteiger partial charge >= 0.3 is 0 Å². The van der Waals surface area contributed by atoms with Crippen molar-refractivity contribution in [2.75, 3.05) is 6.54 Å². The van der Waals surface area contributed by atoms with Crippen LogP contribution < -0.4 is 5.32 Å². The Morgan fingerprint density at radius 3 is 2.78 bits per heavy atom. The van der Waals surface area contributed by atoms with E-state index in [9.17, 15) is 4.79 Å². The van der Waals surface area contributed by atoms with Gasteiger partial charge < -0.3 is 9.88 Å². The first-order valence-corrected chi connectivity index (χ1v) is 8.38. The average molecular weight is 326 g/mol. The Balaban J connectivity index is 1.48. The van der Waals surface area contributed by atoms with Crippen molar-refractivity contribution in [3.05, 3.63) is 64.6 Å². The van der Waals surface area contributed by atoms with Gasteiger partial charge in [-0.05, 0) is 37.6 Å². The number of hydrogen-bond acceptors (Lipinski definition) is 4. The predicted octanol–water partition coefficient (Wildman–Crippen LogP) is 3.00. The Hall–Kier alpha value is -2.47. The lowest BCUT2D eigenvalue weighted by Crippen LogP contribution is -2.24. The van der Waals surface area contributed by atoms with E-state index in [4.69, 9.17) is 0 Å². The molecule has 0 fully saturated rings. The first-order chi connectivity index (χ1) is 11.2. The quantitative estimate of drug-likeness (QED) is 0.708. The number of aromatic nitrogens is 3. The minimum Gasteiger partial charge on any atom is -0.352 e. The van der Waals surface area contributed by atoms with Gasteiger partial charge in [0.15, 0.2) is 0 Å². The highest BCUT2D eigenvalue weighted by molar-refractivity contribution is 7.09. The Morgan fingerprint density at radius 1 is 1.30 bits per heavy atom. The van der Waals surface area contributed by atoms with Crippen LogP contribution in [0.1, 0.15) is 27.5 Å². The van der Waals surface area contributed by atoms with Gasteiger partial charge in [0.1, 0.15) is 0 Å². The summed E-state index contributed by atoms with van der Waals surface area (Å²) >= 11 is 1.67. The van der Waals surface area contributed by atoms with Crippen molar-refractivity contribution in [3.63, 3.8) is 0 Å². The maximum absolute atomic E-state index is 12.1. The molecule has 3 aromatic rings. The third-order valence-electron chi connectivity index (χ3n) is 3.45. The number of hydrogen-bond donors (Lipinski definition) is 1. The highest BCUT2D eigenvalue weighted by atomic mass is 32.1. The summed E-state index contributed by atoms with van der Waals surface area (Å²) in [7, 11) is 0. The van der Waals surface area contributed by atoms with E-state index in [1.807, 2.05) is 42.0 Å². The Labute approximate surface area is 139 Å². The molecule has 23 heavy (non-hydrogen) atoms. The number of amides is 1. The van der Waals surface area contributed by atoms with Gasteiger partial charge in [0, 0.05) is 47.7 Å². The van der Waals surface area contributed by atoms with Crippen LogP contribution in [0.5, 0.6) is 0 Å². The summed E-state index contributed by atoms with van der Waals surface area (Å²) in [4.78, 5) is 20.5. The van der Waals surface area contributed by atoms with Crippen LogP contribution in [0.3, 0.4) is 0 Å². The van der Waals surface area contributed by atoms with Crippen molar-refractivity contribution in [3.8, 4) is 5.69 Å². The summed E-state index contributed by atoms with van der Waals surface area (Å²) in [5, 5.41) is 6.13. The zero-order valence-corrected chi connectivity index (χ0v) is 13.7. The molecule has 1 N–H and O–H groups in total. The molecule has 3 rings (SSSR count). The van der Waals surface area contributed by atoms with Crippen LogP contribution in [0.4, 0.5) is 0 Å². The Kier molecular flexibility index (Phi) is 4.83. The van der Waals surface area contributed by atoms with Crippen LogP contribution in [0.15, 0.2) is 48.4 Å². The predicted molar refractivity (Wildman–Crippen MR) is 91.1 cm³/mol. The van der Waals surface area contributed by atoms with Gasteiger partial charge in [0.05, 0.1) is 11.3 Å². The number of benzene rings is 1. The Bertz CT molecular complexity index is 762. The molecule has 0 bridgehead atoms. The second-order valence-electron chi connectivity index (χ2n) is 5.26. The second kappa shape index (κ2) is 7.19. The van der Waals surface area contributed by atoms with E-state index in [2.05, 4.69) is 20.7 Å². The molecule has 2 aromatic heterocycles. The molecule has 0 atom stereocenters. The SMILES string of the molecule is Cc1csc(CCCNC(=O)c2ccc(-n3ccnc3)cc2)n1. The lowest BCUT2D eigenvalue weighted by Gasteiger charge is -2.06. The first kappa shape index (κ1) is 15.4. The maximum atomic E-state index is 12.1. The van der Waals surface area contributed by atoms with Gasteiger partial charge in [0.2, 0.25) is 0 Å². The number of aryl methyl sites for hydroxylation is 2. The third-order valence-corrected chi connectivity index (χ3v) is 4.48. The van der Waals surface area contributed by atoms with E-state index in [1.54, 1.807) is 23.9 Å². The molecule has 118 valence electrons. The fourth-order valence-electron chi connectivity index (χ4n) is 2.26. The summed E-state index contributed by atoms with van der Waals surface area (Å²) in [6, 6.07) is 7.48. The molecular formula is C17H18N4OS. The summed E-state index contributed by atoms with van der Waals surface area (Å²) in [5.41, 5.74) is 2.71. The molecule has 5 nitrogen and oxygen atoms in total. The van der Waals surface area contributed by atoms with Gasteiger partial charge in [0.25, 0.3) is 5.91 Å². The Morgan fingerprint density at radius 2 is 2.13 bits per heavy atom. The minimum atomic E-state index is -0.0440. The lowest BCUT2D eigenvalue weighted by molar-refractivity contribution is 0.0953. The van der Waals surface area contributed by atoms with Crippen molar-refractivity contribution in [1.29, 1.82) is 0 Å². The van der Waals surface area contributed by atoms with E-state index in [0.717, 1.165) is 29.2 Å². The molecule has 1 amide bonds. The number of nitrogens with zero attached hydrogens (tertiary/aromatic N) is 3. The van der Waals surface area contributed by atoms with Gasteiger partial charge in [-0.2, -0.15) is 0 Å². The fraction of sp³-hybridized carbons (Fsp3) is 0.235. The van der Waals surface area contributed by atoms with Crippen molar-refractivity contribution >= 4 is 17.2 Å². The van der Waals surface area contributed by atoms with E-state index in [0.29, 0.717) is 12.1 Å². The van der Waals surface area contributed by atoms with Crippen molar-refractivity contribution < 1.29 is 4.79 Å². The highest BCUT2D eigenvalue weighted by Gasteiger charge is 2.06. The highest BCUT2D eigenvalue weighted by Crippen LogP contribution is 2.11. The lowest BCUT2D eigenvalue weighted by atomic mass is 10.2. The number of carbonyl (C=O) groups excluding carboxylic acids is 1. The maximum Gasteiger partial charge on any atom is 0.251 e. The standard InChI is InChI=1S/C17H18N4OS/c1-13-11-23-16(20-13)3-2-8-19-17(22)14-4-6-15(7-5-14)21-10-9-18-12-21/h4-7,9-12H,2-3,8H2,1H3,(H,19,22). The normalized spacial score (nSPS) is 10.7. The number of thiazole rings is 1. The molecule has 0 aliphatic heterocycles. The molecule has 0 radical (unpaired) electrons. The van der Waals surface area contributed by atoms with Crippen molar-refractivity contribution in [1.82, 2.24) is 19.9 Å². The molecule has 0 saturated heterocycles. The molecule has 0 spiro atoms. The minimum absolute atomic E-state index is 0.0440. The van der Waals surface area contributed by atoms with Crippen LogP contribution in [0.25, 0.3) is 5.69 Å². The van der Waals surface area contributed by atoms with Crippen LogP contribution in [0.2, 0.25) is 0 Å². The van der Waals surface area contributed by atoms with E-state index in [-0.39, 0.29) is 5.91 Å². The smallest absolute Gasteiger partial charge is 0.251 e. The van der Waals surface area contributed by atoms with Gasteiger partial charge in [-0.1, -0.05) is 0 Å². The number of nitrogens with one attached hydrogen (secondary N) is 1. The van der Waals surface area contributed by atoms with E-state index >= 15 is 0 Å². The monoisotopic (exact) mass is 326 g/mol. The molecule has 2 heterocycles. The summed E-state index contributed by atoms with van der Waals surface area (Å²) in [6.07, 6.45) is 7.12. The molecule has 6 heteroatoms. The zero-order valence-electron chi connectivity index (χ0n) is 12.9. The molecule has 0 aliphatic carbocycles. The zero-order chi connectivity index (χ0) is 16.1. The van der Waals surface area contributed by atoms with Gasteiger partial charge in [-0.25, -0.2) is 9.97 Å². The van der Waals surface area contributed by atoms with Crippen molar-refractivity contribution in [2.45, 2.75) is 19.8 Å². The largest absolute Gasteiger partial charge is 0.352 e. The molecule has 0 aliphatic rings. The van der Waals surface area contributed by atoms with Crippen LogP contribution in [-0.4, -0.2) is 27.0 Å². The summed E-state index contributed by atoms with van der Waals surface area (Å²) in [6.45, 7) is 2.65. The van der Waals surface area contributed by atoms with Gasteiger partial charge in [-0.15, -0.1) is 11.3 Å². The summed E-state index contributed by atoms with van der Waals surface area (Å²) in [5.74, 6) is -0.0440. The van der Waals surface area contributed by atoms with Crippen LogP contribution in [0, 0.1) is 6.92 Å². The van der Waals surface area contributed by atoms with E-state index in [1.165, 1.54) is 0 Å². The molecule has 0 unspecified atom stereocenters. The second-order valence-corrected chi connectivity index (χ2v) is 6.20. The summed E-state index contributed by atoms with van der Waals surface area (Å²) < 4.78 is 1.90. The average Bonchev–Trinajstić information content (AvgIpc) is 3.23. The van der Waals surface area contributed by atoms with Crippen LogP contribution >= 0.6 is 11.3 Å². The number of carbonyl (C=O) groups is 1. The molecular weight excluding hydrogens is 308 g/mol. The van der Waals surface area contributed by atoms with Crippen LogP contribution in [-0.2, 0) is 6.42 Å². The molecule has 1 aromatic carbocycles. The molecule has 0 saturated carbocycles. The van der Waals surface area contributed by atoms with E-state index < -0.39 is 0 Å². The number of imidazole rings is 1. The third kappa shape index (κ3) is 4.04. The van der Waals surface area contributed by atoms with Crippen molar-refractivity contribution in [2.24, 2.45) is 0 Å². The first-order valence-electron chi connectivity index (χ1n) is 7.50. The fourth-order valence-corrected chi connectivity index (χ4v) is 3.08. The topological polar surface area (TPSA) is 59.8 Å². The van der Waals surface area contributed by atoms with Gasteiger partial charge in [-0.3, -0.25) is 4.79 Å².